The molecule has 1 aromatic heterocycles. The molecule has 6 heteroatoms. The van der Waals surface area contributed by atoms with Crippen LogP contribution in [-0.4, -0.2) is 41.4 Å². The van der Waals surface area contributed by atoms with Gasteiger partial charge < -0.3 is 20.1 Å². The summed E-state index contributed by atoms with van der Waals surface area (Å²) in [5, 5.41) is 12.3. The molecule has 1 fully saturated rings. The predicted molar refractivity (Wildman–Crippen MR) is 64.4 cm³/mol. The van der Waals surface area contributed by atoms with Gasteiger partial charge in [-0.05, 0) is 18.9 Å². The summed E-state index contributed by atoms with van der Waals surface area (Å²) in [5.74, 6) is -0.350. The molecular formula is C12H16N2O4. The van der Waals surface area contributed by atoms with Gasteiger partial charge in [0, 0.05) is 31.0 Å². The minimum Gasteiger partial charge on any atom is -0.394 e. The smallest absolute Gasteiger partial charge is 0.252 e. The minimum atomic E-state index is -0.641. The maximum Gasteiger partial charge on any atom is 0.252 e. The Labute approximate surface area is 104 Å². The largest absolute Gasteiger partial charge is 0.394 e. The van der Waals surface area contributed by atoms with Crippen molar-refractivity contribution in [2.45, 2.75) is 18.4 Å². The van der Waals surface area contributed by atoms with Crippen molar-refractivity contribution < 1.29 is 14.6 Å². The van der Waals surface area contributed by atoms with E-state index in [-0.39, 0.29) is 23.6 Å². The number of amides is 1. The van der Waals surface area contributed by atoms with E-state index in [2.05, 4.69) is 10.3 Å². The summed E-state index contributed by atoms with van der Waals surface area (Å²) >= 11 is 0. The minimum absolute atomic E-state index is 0.134. The number of aromatic amines is 1. The number of aliphatic hydroxyl groups is 1. The molecule has 6 nitrogen and oxygen atoms in total. The normalized spacial score (nSPS) is 18.3. The van der Waals surface area contributed by atoms with Crippen molar-refractivity contribution in [2.75, 3.05) is 19.8 Å². The Hall–Kier alpha value is -1.66. The molecule has 1 amide bonds. The number of hydrogen-bond acceptors (Lipinski definition) is 4. The Bertz CT molecular complexity index is 477. The summed E-state index contributed by atoms with van der Waals surface area (Å²) in [7, 11) is 0. The predicted octanol–water partition coefficient (Wildman–Crippen LogP) is -0.354. The van der Waals surface area contributed by atoms with Crippen LogP contribution in [-0.2, 0) is 4.74 Å². The van der Waals surface area contributed by atoms with E-state index in [1.54, 1.807) is 0 Å². The molecule has 0 radical (unpaired) electrons. The average Bonchev–Trinajstić information content (AvgIpc) is 2.40. The van der Waals surface area contributed by atoms with Gasteiger partial charge in [-0.2, -0.15) is 0 Å². The Balaban J connectivity index is 2.12. The Morgan fingerprint density at radius 3 is 2.83 bits per heavy atom. The van der Waals surface area contributed by atoms with Crippen molar-refractivity contribution in [1.82, 2.24) is 10.3 Å². The number of nitrogens with one attached hydrogen (secondary N) is 2. The van der Waals surface area contributed by atoms with Crippen molar-refractivity contribution in [1.29, 1.82) is 0 Å². The molecule has 1 saturated heterocycles. The van der Waals surface area contributed by atoms with Crippen LogP contribution in [0, 0.1) is 0 Å². The monoisotopic (exact) mass is 252 g/mol. The first-order valence-electron chi connectivity index (χ1n) is 5.85. The van der Waals surface area contributed by atoms with Crippen LogP contribution in [0.1, 0.15) is 23.2 Å². The van der Waals surface area contributed by atoms with E-state index in [1.807, 2.05) is 0 Å². The first kappa shape index (κ1) is 12.8. The SMILES string of the molecule is O=C(NC1(CO)CCOCC1)c1cc[nH]c(=O)c1. The van der Waals surface area contributed by atoms with Gasteiger partial charge in [-0.1, -0.05) is 0 Å². The fourth-order valence-electron chi connectivity index (χ4n) is 1.98. The zero-order valence-electron chi connectivity index (χ0n) is 9.94. The number of hydrogen-bond donors (Lipinski definition) is 3. The van der Waals surface area contributed by atoms with Crippen LogP contribution in [0.4, 0.5) is 0 Å². The summed E-state index contributed by atoms with van der Waals surface area (Å²) in [6.45, 7) is 0.887. The van der Waals surface area contributed by atoms with Gasteiger partial charge in [0.05, 0.1) is 12.1 Å². The molecule has 0 aromatic carbocycles. The highest BCUT2D eigenvalue weighted by Crippen LogP contribution is 2.20. The highest BCUT2D eigenvalue weighted by atomic mass is 16.5. The Kier molecular flexibility index (Phi) is 3.78. The average molecular weight is 252 g/mol. The van der Waals surface area contributed by atoms with Crippen LogP contribution >= 0.6 is 0 Å². The van der Waals surface area contributed by atoms with Gasteiger partial charge in [0.2, 0.25) is 5.56 Å². The van der Waals surface area contributed by atoms with Gasteiger partial charge in [-0.15, -0.1) is 0 Å². The third-order valence-corrected chi connectivity index (χ3v) is 3.17. The molecule has 1 aromatic rings. The van der Waals surface area contributed by atoms with Crippen LogP contribution in [0.25, 0.3) is 0 Å². The molecule has 0 spiro atoms. The quantitative estimate of drug-likeness (QED) is 0.685. The molecule has 98 valence electrons. The van der Waals surface area contributed by atoms with Gasteiger partial charge >= 0.3 is 0 Å². The lowest BCUT2D eigenvalue weighted by atomic mass is 9.90. The number of H-pyrrole nitrogens is 1. The summed E-state index contributed by atoms with van der Waals surface area (Å²) in [4.78, 5) is 25.6. The van der Waals surface area contributed by atoms with Crippen molar-refractivity contribution in [2.24, 2.45) is 0 Å². The Morgan fingerprint density at radius 1 is 1.50 bits per heavy atom. The number of ether oxygens (including phenoxy) is 1. The fraction of sp³-hybridized carbons (Fsp3) is 0.500. The second kappa shape index (κ2) is 5.32. The van der Waals surface area contributed by atoms with Gasteiger partial charge in [0.1, 0.15) is 0 Å². The van der Waals surface area contributed by atoms with E-state index in [0.29, 0.717) is 26.1 Å². The second-order valence-corrected chi connectivity index (χ2v) is 4.45. The molecule has 0 saturated carbocycles. The molecule has 1 aliphatic rings. The lowest BCUT2D eigenvalue weighted by Gasteiger charge is -2.36. The number of aliphatic hydroxyl groups excluding tert-OH is 1. The zero-order chi connectivity index (χ0) is 13.0. The lowest BCUT2D eigenvalue weighted by Crippen LogP contribution is -2.54. The van der Waals surface area contributed by atoms with E-state index in [4.69, 9.17) is 4.74 Å². The molecule has 0 atom stereocenters. The molecule has 0 bridgehead atoms. The molecule has 1 aliphatic heterocycles. The van der Waals surface area contributed by atoms with E-state index < -0.39 is 5.54 Å². The van der Waals surface area contributed by atoms with Crippen LogP contribution in [0.3, 0.4) is 0 Å². The van der Waals surface area contributed by atoms with Crippen molar-refractivity contribution in [3.8, 4) is 0 Å². The molecule has 2 rings (SSSR count). The third-order valence-electron chi connectivity index (χ3n) is 3.17. The molecule has 18 heavy (non-hydrogen) atoms. The first-order valence-corrected chi connectivity index (χ1v) is 5.85. The van der Waals surface area contributed by atoms with Crippen molar-refractivity contribution in [3.63, 3.8) is 0 Å². The third kappa shape index (κ3) is 2.77. The second-order valence-electron chi connectivity index (χ2n) is 4.45. The topological polar surface area (TPSA) is 91.4 Å². The number of carbonyl (C=O) groups excluding carboxylic acids is 1. The molecule has 0 unspecified atom stereocenters. The zero-order valence-corrected chi connectivity index (χ0v) is 9.94. The van der Waals surface area contributed by atoms with E-state index in [0.717, 1.165) is 0 Å². The first-order chi connectivity index (χ1) is 8.65. The summed E-state index contributed by atoms with van der Waals surface area (Å²) < 4.78 is 5.22. The fourth-order valence-corrected chi connectivity index (χ4v) is 1.98. The highest BCUT2D eigenvalue weighted by Gasteiger charge is 2.33. The van der Waals surface area contributed by atoms with Gasteiger partial charge in [-0.3, -0.25) is 9.59 Å². The summed E-state index contributed by atoms with van der Waals surface area (Å²) in [6.07, 6.45) is 2.56. The molecule has 0 aliphatic carbocycles. The molecular weight excluding hydrogens is 236 g/mol. The van der Waals surface area contributed by atoms with Gasteiger partial charge in [0.25, 0.3) is 5.91 Å². The van der Waals surface area contributed by atoms with E-state index in [1.165, 1.54) is 18.3 Å². The molecule has 3 N–H and O–H groups in total. The number of aromatic nitrogens is 1. The number of pyridine rings is 1. The summed E-state index contributed by atoms with van der Waals surface area (Å²) in [5.41, 5.74) is -0.677. The maximum atomic E-state index is 12.0. The number of rotatable bonds is 3. The summed E-state index contributed by atoms with van der Waals surface area (Å²) in [6, 6.07) is 2.76. The van der Waals surface area contributed by atoms with Crippen LogP contribution in [0.2, 0.25) is 0 Å². The standard InChI is InChI=1S/C12H16N2O4/c15-8-12(2-5-18-6-3-12)14-11(17)9-1-4-13-10(16)7-9/h1,4,7,15H,2-3,5-6,8H2,(H,13,16)(H,14,17). The van der Waals surface area contributed by atoms with Gasteiger partial charge in [0.15, 0.2) is 0 Å². The lowest BCUT2D eigenvalue weighted by molar-refractivity contribution is 0.0125. The van der Waals surface area contributed by atoms with Gasteiger partial charge in [-0.25, -0.2) is 0 Å². The number of carbonyl (C=O) groups is 1. The van der Waals surface area contributed by atoms with Crippen molar-refractivity contribution in [3.05, 3.63) is 34.2 Å². The van der Waals surface area contributed by atoms with E-state index >= 15 is 0 Å². The van der Waals surface area contributed by atoms with Crippen LogP contribution in [0.5, 0.6) is 0 Å². The van der Waals surface area contributed by atoms with Crippen molar-refractivity contribution >= 4 is 5.91 Å². The van der Waals surface area contributed by atoms with Crippen LogP contribution < -0.4 is 10.9 Å². The maximum absolute atomic E-state index is 12.0. The molecule has 2 heterocycles. The van der Waals surface area contributed by atoms with Crippen LogP contribution in [0.15, 0.2) is 23.1 Å². The van der Waals surface area contributed by atoms with E-state index in [9.17, 15) is 14.7 Å². The highest BCUT2D eigenvalue weighted by molar-refractivity contribution is 5.94. The Morgan fingerprint density at radius 2 is 2.22 bits per heavy atom.